The smallest absolute Gasteiger partial charge is 0.243 e. The fraction of sp³-hybridized carbons (Fsp3) is 0.444. The van der Waals surface area contributed by atoms with Crippen molar-refractivity contribution < 1.29 is 4.79 Å². The van der Waals surface area contributed by atoms with Gasteiger partial charge in [0, 0.05) is 12.6 Å². The second-order valence-corrected chi connectivity index (χ2v) is 2.18. The molecule has 0 aliphatic rings. The van der Waals surface area contributed by atoms with Crippen LogP contribution < -0.4 is 5.32 Å². The van der Waals surface area contributed by atoms with Crippen LogP contribution in [0.2, 0.25) is 0 Å². The van der Waals surface area contributed by atoms with Crippen LogP contribution >= 0.6 is 0 Å². The Morgan fingerprint density at radius 3 is 2.73 bits per heavy atom. The van der Waals surface area contributed by atoms with E-state index in [4.69, 9.17) is 0 Å². The first-order chi connectivity index (χ1) is 5.31. The summed E-state index contributed by atoms with van der Waals surface area (Å²) in [5.41, 5.74) is 0. The molecule has 62 valence electrons. The molecule has 0 radical (unpaired) electrons. The lowest BCUT2D eigenvalue weighted by atomic mass is 10.4. The van der Waals surface area contributed by atoms with Crippen molar-refractivity contribution in [2.45, 2.75) is 20.3 Å². The maximum absolute atomic E-state index is 10.8. The molecule has 0 saturated carbocycles. The molecular formula is C9H15NO. The van der Waals surface area contributed by atoms with Crippen LogP contribution in [0.1, 0.15) is 20.3 Å². The van der Waals surface area contributed by atoms with E-state index in [0.717, 1.165) is 13.0 Å². The van der Waals surface area contributed by atoms with Gasteiger partial charge in [-0.3, -0.25) is 4.79 Å². The number of amides is 1. The van der Waals surface area contributed by atoms with Gasteiger partial charge >= 0.3 is 0 Å². The maximum atomic E-state index is 10.8. The Hall–Kier alpha value is -1.05. The lowest BCUT2D eigenvalue weighted by molar-refractivity contribution is -0.116. The predicted molar refractivity (Wildman–Crippen MR) is 47.3 cm³/mol. The van der Waals surface area contributed by atoms with Crippen LogP contribution in [0.25, 0.3) is 0 Å². The minimum absolute atomic E-state index is 0.0232. The topological polar surface area (TPSA) is 29.1 Å². The van der Waals surface area contributed by atoms with Crippen molar-refractivity contribution >= 4 is 5.91 Å². The zero-order valence-corrected chi connectivity index (χ0v) is 7.13. The van der Waals surface area contributed by atoms with Crippen molar-refractivity contribution in [3.63, 3.8) is 0 Å². The highest BCUT2D eigenvalue weighted by Crippen LogP contribution is 1.77. The normalized spacial score (nSPS) is 11.1. The first kappa shape index (κ1) is 9.95. The molecule has 0 aromatic carbocycles. The third-order valence-corrected chi connectivity index (χ3v) is 1.10. The Labute approximate surface area is 68.0 Å². The van der Waals surface area contributed by atoms with Gasteiger partial charge in [-0.25, -0.2) is 0 Å². The molecule has 1 amide bonds. The van der Waals surface area contributed by atoms with Gasteiger partial charge in [0.2, 0.25) is 5.91 Å². The third-order valence-electron chi connectivity index (χ3n) is 1.10. The summed E-state index contributed by atoms with van der Waals surface area (Å²) < 4.78 is 0. The largest absolute Gasteiger partial charge is 0.353 e. The quantitative estimate of drug-likeness (QED) is 0.483. The summed E-state index contributed by atoms with van der Waals surface area (Å²) in [6.45, 7) is 4.68. The van der Waals surface area contributed by atoms with Crippen LogP contribution in [0, 0.1) is 0 Å². The van der Waals surface area contributed by atoms with Gasteiger partial charge in [0.1, 0.15) is 0 Å². The predicted octanol–water partition coefficient (Wildman–Crippen LogP) is 1.64. The zero-order chi connectivity index (χ0) is 8.53. The third kappa shape index (κ3) is 6.84. The summed E-state index contributed by atoms with van der Waals surface area (Å²) >= 11 is 0. The Bertz CT molecular complexity index is 159. The zero-order valence-electron chi connectivity index (χ0n) is 7.13. The van der Waals surface area contributed by atoms with E-state index in [1.807, 2.05) is 26.0 Å². The van der Waals surface area contributed by atoms with Gasteiger partial charge in [-0.15, -0.1) is 0 Å². The monoisotopic (exact) mass is 153 g/mol. The number of carbonyl (C=O) groups excluding carboxylic acids is 1. The number of hydrogen-bond acceptors (Lipinski definition) is 1. The van der Waals surface area contributed by atoms with Gasteiger partial charge in [0.15, 0.2) is 0 Å². The molecule has 2 heteroatoms. The highest BCUT2D eigenvalue weighted by molar-refractivity contribution is 5.87. The molecule has 0 atom stereocenters. The molecule has 11 heavy (non-hydrogen) atoms. The molecule has 0 aliphatic carbocycles. The van der Waals surface area contributed by atoms with E-state index in [-0.39, 0.29) is 5.91 Å². The first-order valence-electron chi connectivity index (χ1n) is 3.88. The van der Waals surface area contributed by atoms with E-state index in [0.29, 0.717) is 0 Å². The van der Waals surface area contributed by atoms with Crippen LogP contribution in [0.4, 0.5) is 0 Å². The van der Waals surface area contributed by atoms with Crippen molar-refractivity contribution in [1.29, 1.82) is 0 Å². The molecule has 0 aromatic heterocycles. The molecule has 0 spiro atoms. The van der Waals surface area contributed by atoms with Gasteiger partial charge in [-0.1, -0.05) is 25.2 Å². The van der Waals surface area contributed by atoms with Crippen LogP contribution in [0.5, 0.6) is 0 Å². The number of allylic oxidation sites excluding steroid dienone is 3. The molecule has 1 N–H and O–H groups in total. The van der Waals surface area contributed by atoms with Crippen LogP contribution in [-0.4, -0.2) is 12.5 Å². The molecule has 0 fully saturated rings. The molecule has 0 heterocycles. The molecule has 0 saturated heterocycles. The van der Waals surface area contributed by atoms with E-state index < -0.39 is 0 Å². The summed E-state index contributed by atoms with van der Waals surface area (Å²) in [6, 6.07) is 0. The molecule has 0 bridgehead atoms. The molecule has 0 rings (SSSR count). The molecule has 0 aromatic rings. The van der Waals surface area contributed by atoms with Gasteiger partial charge in [-0.05, 0) is 13.3 Å². The number of nitrogens with one attached hydrogen (secondary N) is 1. The molecule has 0 aliphatic heterocycles. The Balaban J connectivity index is 3.51. The average molecular weight is 153 g/mol. The van der Waals surface area contributed by atoms with E-state index in [1.165, 1.54) is 6.08 Å². The van der Waals surface area contributed by atoms with Crippen molar-refractivity contribution in [3.05, 3.63) is 24.3 Å². The summed E-state index contributed by atoms with van der Waals surface area (Å²) in [5, 5.41) is 2.73. The average Bonchev–Trinajstić information content (AvgIpc) is 2.01. The Morgan fingerprint density at radius 2 is 2.18 bits per heavy atom. The van der Waals surface area contributed by atoms with E-state index in [1.54, 1.807) is 6.08 Å². The lowest BCUT2D eigenvalue weighted by Gasteiger charge is -1.95. The van der Waals surface area contributed by atoms with Gasteiger partial charge in [0.05, 0.1) is 0 Å². The lowest BCUT2D eigenvalue weighted by Crippen LogP contribution is -2.21. The maximum Gasteiger partial charge on any atom is 0.243 e. The Kier molecular flexibility index (Phi) is 6.39. The SMILES string of the molecule is C/C=C/C=C/C(=O)NCCC. The summed E-state index contributed by atoms with van der Waals surface area (Å²) in [4.78, 5) is 10.8. The van der Waals surface area contributed by atoms with Crippen molar-refractivity contribution in [3.8, 4) is 0 Å². The number of hydrogen-bond donors (Lipinski definition) is 1. The summed E-state index contributed by atoms with van der Waals surface area (Å²) in [7, 11) is 0. The minimum atomic E-state index is -0.0232. The van der Waals surface area contributed by atoms with E-state index >= 15 is 0 Å². The van der Waals surface area contributed by atoms with Crippen LogP contribution in [0.3, 0.4) is 0 Å². The summed E-state index contributed by atoms with van der Waals surface area (Å²) in [6.07, 6.45) is 7.93. The fourth-order valence-corrected chi connectivity index (χ4v) is 0.561. The number of carbonyl (C=O) groups is 1. The molecular weight excluding hydrogens is 138 g/mol. The fourth-order valence-electron chi connectivity index (χ4n) is 0.561. The minimum Gasteiger partial charge on any atom is -0.353 e. The highest BCUT2D eigenvalue weighted by Gasteiger charge is 1.88. The standard InChI is InChI=1S/C9H15NO/c1-3-5-6-7-9(11)10-8-4-2/h3,5-7H,4,8H2,1-2H3,(H,10,11)/b5-3+,7-6+. The highest BCUT2D eigenvalue weighted by atomic mass is 16.1. The Morgan fingerprint density at radius 1 is 1.45 bits per heavy atom. The van der Waals surface area contributed by atoms with Crippen molar-refractivity contribution in [2.24, 2.45) is 0 Å². The first-order valence-corrected chi connectivity index (χ1v) is 3.88. The molecule has 2 nitrogen and oxygen atoms in total. The second-order valence-electron chi connectivity index (χ2n) is 2.18. The van der Waals surface area contributed by atoms with Crippen molar-refractivity contribution in [1.82, 2.24) is 5.32 Å². The van der Waals surface area contributed by atoms with Crippen LogP contribution in [0.15, 0.2) is 24.3 Å². The van der Waals surface area contributed by atoms with Gasteiger partial charge in [-0.2, -0.15) is 0 Å². The van der Waals surface area contributed by atoms with Gasteiger partial charge in [0.25, 0.3) is 0 Å². The van der Waals surface area contributed by atoms with E-state index in [2.05, 4.69) is 5.32 Å². The molecule has 0 unspecified atom stereocenters. The van der Waals surface area contributed by atoms with Crippen LogP contribution in [-0.2, 0) is 4.79 Å². The van der Waals surface area contributed by atoms with Gasteiger partial charge < -0.3 is 5.32 Å². The summed E-state index contributed by atoms with van der Waals surface area (Å²) in [5.74, 6) is -0.0232. The van der Waals surface area contributed by atoms with E-state index in [9.17, 15) is 4.79 Å². The second kappa shape index (κ2) is 7.06. The van der Waals surface area contributed by atoms with Crippen molar-refractivity contribution in [2.75, 3.05) is 6.54 Å². The number of rotatable bonds is 4.